The first-order chi connectivity index (χ1) is 9.81. The van der Waals surface area contributed by atoms with Gasteiger partial charge >= 0.3 is 0 Å². The molecule has 0 radical (unpaired) electrons. The van der Waals surface area contributed by atoms with Crippen LogP contribution in [-0.4, -0.2) is 28.2 Å². The minimum absolute atomic E-state index is 0.669. The van der Waals surface area contributed by atoms with Crippen LogP contribution in [0.25, 0.3) is 0 Å². The Morgan fingerprint density at radius 3 is 2.50 bits per heavy atom. The van der Waals surface area contributed by atoms with Crippen molar-refractivity contribution in [3.05, 3.63) is 47.7 Å². The first-order valence-electron chi connectivity index (χ1n) is 7.09. The molecule has 5 nitrogen and oxygen atoms in total. The van der Waals surface area contributed by atoms with Gasteiger partial charge in [0.1, 0.15) is 0 Å². The maximum Gasteiger partial charge on any atom is 0.230 e. The number of nitrogens with two attached hydrogens (primary N) is 1. The smallest absolute Gasteiger partial charge is 0.230 e. The number of benzene rings is 1. The molecule has 1 heterocycles. The zero-order chi connectivity index (χ0) is 14.2. The summed E-state index contributed by atoms with van der Waals surface area (Å²) in [5.74, 6) is 1.37. The van der Waals surface area contributed by atoms with Gasteiger partial charge in [0.2, 0.25) is 11.8 Å². The Kier molecular flexibility index (Phi) is 5.70. The largest absolute Gasteiger partial charge is 0.424 e. The van der Waals surface area contributed by atoms with Crippen molar-refractivity contribution in [1.82, 2.24) is 15.1 Å². The standard InChI is InChI=1S/C15H22N4O/c1-2-14-17-18-15(20-14)12-19(10-6-9-16)11-13-7-4-3-5-8-13/h3-5,7-8H,2,6,9-12,16H2,1H3. The summed E-state index contributed by atoms with van der Waals surface area (Å²) in [5, 5.41) is 8.09. The molecule has 0 bridgehead atoms. The zero-order valence-corrected chi connectivity index (χ0v) is 12.0. The normalized spacial score (nSPS) is 11.2. The number of hydrogen-bond donors (Lipinski definition) is 1. The molecule has 2 rings (SSSR count). The number of hydrogen-bond acceptors (Lipinski definition) is 5. The summed E-state index contributed by atoms with van der Waals surface area (Å²) in [4.78, 5) is 2.29. The fourth-order valence-electron chi connectivity index (χ4n) is 2.06. The lowest BCUT2D eigenvalue weighted by Gasteiger charge is -2.20. The summed E-state index contributed by atoms with van der Waals surface area (Å²) in [6, 6.07) is 10.4. The van der Waals surface area contributed by atoms with E-state index in [9.17, 15) is 0 Å². The van der Waals surface area contributed by atoms with Crippen LogP contribution >= 0.6 is 0 Å². The van der Waals surface area contributed by atoms with Crippen LogP contribution in [0.2, 0.25) is 0 Å². The van der Waals surface area contributed by atoms with Crippen LogP contribution in [0.1, 0.15) is 30.7 Å². The van der Waals surface area contributed by atoms with Crippen molar-refractivity contribution in [3.63, 3.8) is 0 Å². The number of rotatable bonds is 8. The maximum atomic E-state index is 5.61. The Hall–Kier alpha value is -1.72. The third-order valence-corrected chi connectivity index (χ3v) is 3.10. The van der Waals surface area contributed by atoms with Gasteiger partial charge in [-0.3, -0.25) is 4.90 Å². The van der Waals surface area contributed by atoms with Crippen LogP contribution in [0.15, 0.2) is 34.7 Å². The van der Waals surface area contributed by atoms with Gasteiger partial charge in [0, 0.05) is 19.5 Å². The first kappa shape index (κ1) is 14.7. The van der Waals surface area contributed by atoms with Crippen LogP contribution in [0.5, 0.6) is 0 Å². The fraction of sp³-hybridized carbons (Fsp3) is 0.467. The average Bonchev–Trinajstić information content (AvgIpc) is 2.93. The van der Waals surface area contributed by atoms with Crippen molar-refractivity contribution in [3.8, 4) is 0 Å². The predicted octanol–water partition coefficient (Wildman–Crippen LogP) is 1.98. The van der Waals surface area contributed by atoms with E-state index in [0.717, 1.165) is 25.9 Å². The Morgan fingerprint density at radius 1 is 1.10 bits per heavy atom. The molecular formula is C15H22N4O. The molecule has 0 amide bonds. The van der Waals surface area contributed by atoms with Crippen molar-refractivity contribution in [2.24, 2.45) is 5.73 Å². The fourth-order valence-corrected chi connectivity index (χ4v) is 2.06. The molecule has 5 heteroatoms. The molecule has 0 fully saturated rings. The van der Waals surface area contributed by atoms with E-state index in [0.29, 0.717) is 24.9 Å². The molecule has 2 N–H and O–H groups in total. The molecule has 0 aliphatic carbocycles. The summed E-state index contributed by atoms with van der Waals surface area (Å²) in [5.41, 5.74) is 6.89. The van der Waals surface area contributed by atoms with E-state index in [-0.39, 0.29) is 0 Å². The second-order valence-electron chi connectivity index (χ2n) is 4.78. The van der Waals surface area contributed by atoms with Crippen LogP contribution in [-0.2, 0) is 19.5 Å². The lowest BCUT2D eigenvalue weighted by Crippen LogP contribution is -2.25. The van der Waals surface area contributed by atoms with Gasteiger partial charge in [0.25, 0.3) is 0 Å². The van der Waals surface area contributed by atoms with Crippen molar-refractivity contribution in [2.75, 3.05) is 13.1 Å². The summed E-state index contributed by atoms with van der Waals surface area (Å²) >= 11 is 0. The van der Waals surface area contributed by atoms with Gasteiger partial charge in [-0.05, 0) is 18.5 Å². The second-order valence-corrected chi connectivity index (χ2v) is 4.78. The molecule has 1 aromatic heterocycles. The third-order valence-electron chi connectivity index (χ3n) is 3.10. The molecule has 0 unspecified atom stereocenters. The molecular weight excluding hydrogens is 252 g/mol. The lowest BCUT2D eigenvalue weighted by molar-refractivity contribution is 0.227. The van der Waals surface area contributed by atoms with Crippen LogP contribution in [0, 0.1) is 0 Å². The molecule has 2 aromatic rings. The quantitative estimate of drug-likeness (QED) is 0.797. The summed E-state index contributed by atoms with van der Waals surface area (Å²) in [6.07, 6.45) is 1.73. The van der Waals surface area contributed by atoms with Gasteiger partial charge in [0.15, 0.2) is 0 Å². The van der Waals surface area contributed by atoms with Crippen LogP contribution in [0.3, 0.4) is 0 Å². The van der Waals surface area contributed by atoms with E-state index in [1.165, 1.54) is 5.56 Å². The third kappa shape index (κ3) is 4.43. The Morgan fingerprint density at radius 2 is 1.85 bits per heavy atom. The summed E-state index contributed by atoms with van der Waals surface area (Å²) in [6.45, 7) is 5.16. The minimum Gasteiger partial charge on any atom is -0.424 e. The van der Waals surface area contributed by atoms with E-state index in [4.69, 9.17) is 10.2 Å². The highest BCUT2D eigenvalue weighted by Gasteiger charge is 2.11. The SMILES string of the molecule is CCc1nnc(CN(CCCN)Cc2ccccc2)o1. The highest BCUT2D eigenvalue weighted by atomic mass is 16.4. The van der Waals surface area contributed by atoms with Gasteiger partial charge in [-0.15, -0.1) is 10.2 Å². The van der Waals surface area contributed by atoms with E-state index < -0.39 is 0 Å². The maximum absolute atomic E-state index is 5.61. The Bertz CT molecular complexity index is 498. The topological polar surface area (TPSA) is 68.2 Å². The second kappa shape index (κ2) is 7.77. The molecule has 0 spiro atoms. The van der Waals surface area contributed by atoms with E-state index in [2.05, 4.69) is 39.4 Å². The lowest BCUT2D eigenvalue weighted by atomic mass is 10.2. The van der Waals surface area contributed by atoms with E-state index in [1.54, 1.807) is 0 Å². The molecule has 0 aliphatic rings. The van der Waals surface area contributed by atoms with E-state index in [1.807, 2.05) is 13.0 Å². The zero-order valence-electron chi connectivity index (χ0n) is 12.0. The van der Waals surface area contributed by atoms with E-state index >= 15 is 0 Å². The van der Waals surface area contributed by atoms with Gasteiger partial charge in [-0.1, -0.05) is 37.3 Å². The van der Waals surface area contributed by atoms with Crippen LogP contribution in [0.4, 0.5) is 0 Å². The van der Waals surface area contributed by atoms with Crippen molar-refractivity contribution >= 4 is 0 Å². The molecule has 20 heavy (non-hydrogen) atoms. The van der Waals surface area contributed by atoms with Gasteiger partial charge in [-0.2, -0.15) is 0 Å². The number of nitrogens with zero attached hydrogens (tertiary/aromatic N) is 3. The average molecular weight is 274 g/mol. The summed E-state index contributed by atoms with van der Waals surface area (Å²) < 4.78 is 5.59. The van der Waals surface area contributed by atoms with Crippen molar-refractivity contribution < 1.29 is 4.42 Å². The Balaban J connectivity index is 1.99. The van der Waals surface area contributed by atoms with Crippen molar-refractivity contribution in [2.45, 2.75) is 32.9 Å². The summed E-state index contributed by atoms with van der Waals surface area (Å²) in [7, 11) is 0. The van der Waals surface area contributed by atoms with Gasteiger partial charge in [-0.25, -0.2) is 0 Å². The van der Waals surface area contributed by atoms with Crippen LogP contribution < -0.4 is 5.73 Å². The first-order valence-corrected chi connectivity index (χ1v) is 7.09. The number of aryl methyl sites for hydroxylation is 1. The molecule has 1 aromatic carbocycles. The molecule has 0 saturated carbocycles. The highest BCUT2D eigenvalue weighted by Crippen LogP contribution is 2.10. The van der Waals surface area contributed by atoms with Crippen molar-refractivity contribution in [1.29, 1.82) is 0 Å². The predicted molar refractivity (Wildman–Crippen MR) is 77.9 cm³/mol. The minimum atomic E-state index is 0.669. The molecule has 0 aliphatic heterocycles. The number of aromatic nitrogens is 2. The van der Waals surface area contributed by atoms with Gasteiger partial charge in [0.05, 0.1) is 6.54 Å². The molecule has 108 valence electrons. The molecule has 0 atom stereocenters. The Labute approximate surface area is 119 Å². The monoisotopic (exact) mass is 274 g/mol. The highest BCUT2D eigenvalue weighted by molar-refractivity contribution is 5.14. The molecule has 0 saturated heterocycles. The van der Waals surface area contributed by atoms with Gasteiger partial charge < -0.3 is 10.2 Å².